The Morgan fingerprint density at radius 2 is 1.78 bits per heavy atom. The molecule has 1 atom stereocenters. The van der Waals surface area contributed by atoms with E-state index in [1.165, 1.54) is 18.7 Å². The first kappa shape index (κ1) is 25.7. The predicted octanol–water partition coefficient (Wildman–Crippen LogP) is 2.07. The van der Waals surface area contributed by atoms with E-state index >= 15 is 0 Å². The number of sulfonamides is 1. The van der Waals surface area contributed by atoms with Gasteiger partial charge in [0, 0.05) is 38.4 Å². The van der Waals surface area contributed by atoms with Crippen molar-refractivity contribution in [3.05, 3.63) is 47.4 Å². The number of hydrogen-bond donors (Lipinski definition) is 0. The molecule has 0 radical (unpaired) electrons. The fourth-order valence-electron chi connectivity index (χ4n) is 4.35. The van der Waals surface area contributed by atoms with Crippen LogP contribution in [0.4, 0.5) is 25.1 Å². The second-order valence-electron chi connectivity index (χ2n) is 9.12. The molecule has 2 fully saturated rings. The Balaban J connectivity index is 1.61. The molecule has 0 bridgehead atoms. The molecule has 13 heteroatoms. The monoisotopic (exact) mass is 522 g/mol. The average molecular weight is 523 g/mol. The Morgan fingerprint density at radius 3 is 2.39 bits per heavy atom. The maximum atomic E-state index is 14.7. The molecule has 0 saturated carbocycles. The van der Waals surface area contributed by atoms with Crippen LogP contribution in [0.3, 0.4) is 0 Å². The number of aryl methyl sites for hydroxylation is 2. The van der Waals surface area contributed by atoms with Crippen molar-refractivity contribution in [3.8, 4) is 0 Å². The molecule has 1 aromatic heterocycles. The van der Waals surface area contributed by atoms with E-state index in [0.29, 0.717) is 23.5 Å². The van der Waals surface area contributed by atoms with E-state index in [0.717, 1.165) is 34.2 Å². The smallest absolute Gasteiger partial charge is 0.339 e. The molecule has 0 N–H and O–H groups in total. The molecular formula is C23H28F2N6O4S. The number of piperazine rings is 1. The maximum absolute atomic E-state index is 14.7. The molecule has 2 saturated heterocycles. The molecule has 10 nitrogen and oxygen atoms in total. The minimum absolute atomic E-state index is 0.287. The molecule has 1 unspecified atom stereocenters. The summed E-state index contributed by atoms with van der Waals surface area (Å²) in [6, 6.07) is 0.241. The molecule has 4 rings (SSSR count). The fraction of sp³-hybridized carbons (Fsp3) is 0.478. The van der Waals surface area contributed by atoms with E-state index in [9.17, 15) is 26.8 Å². The quantitative estimate of drug-likeness (QED) is 0.592. The molecule has 2 aliphatic heterocycles. The van der Waals surface area contributed by atoms with E-state index < -0.39 is 51.4 Å². The topological polar surface area (TPSA) is 107 Å². The number of nitrogens with zero attached hydrogens (tertiary/aromatic N) is 6. The number of rotatable bonds is 5. The summed E-state index contributed by atoms with van der Waals surface area (Å²) < 4.78 is 54.5. The number of benzene rings is 1. The highest BCUT2D eigenvalue weighted by molar-refractivity contribution is 7.90. The van der Waals surface area contributed by atoms with Crippen LogP contribution < -0.4 is 9.80 Å². The van der Waals surface area contributed by atoms with Crippen LogP contribution in [0.1, 0.15) is 25.2 Å². The lowest BCUT2D eigenvalue weighted by atomic mass is 10.1. The minimum atomic E-state index is -4.09. The Hall–Kier alpha value is -3.35. The van der Waals surface area contributed by atoms with Crippen molar-refractivity contribution in [3.63, 3.8) is 0 Å². The Morgan fingerprint density at radius 1 is 1.11 bits per heavy atom. The van der Waals surface area contributed by atoms with Crippen molar-refractivity contribution < 1.29 is 26.8 Å². The normalized spacial score (nSPS) is 19.0. The molecule has 0 spiro atoms. The summed E-state index contributed by atoms with van der Waals surface area (Å²) in [4.78, 5) is 40.0. The van der Waals surface area contributed by atoms with Crippen LogP contribution in [0.5, 0.6) is 0 Å². The van der Waals surface area contributed by atoms with Crippen LogP contribution in [0, 0.1) is 25.5 Å². The van der Waals surface area contributed by atoms with Crippen molar-refractivity contribution >= 4 is 33.5 Å². The largest absolute Gasteiger partial charge is 0.352 e. The standard InChI is InChI=1S/C23H28F2N6O4S/c1-14(2)36(34,35)30-13-20(31(23(30)33)19-6-5-17(24)11-18(19)25)22(32)29-9-7-28(8-10-29)21-16(4)26-12-15(3)27-21/h5-6,11-12,14,20H,7-10,13H2,1-4H3. The summed E-state index contributed by atoms with van der Waals surface area (Å²) in [6.45, 7) is 7.53. The fourth-order valence-corrected chi connectivity index (χ4v) is 5.51. The van der Waals surface area contributed by atoms with Crippen molar-refractivity contribution in [1.29, 1.82) is 0 Å². The van der Waals surface area contributed by atoms with Gasteiger partial charge in [-0.2, -0.15) is 0 Å². The molecule has 3 amide bonds. The summed E-state index contributed by atoms with van der Waals surface area (Å²) in [5.41, 5.74) is 1.17. The number of amides is 3. The van der Waals surface area contributed by atoms with Crippen molar-refractivity contribution in [2.75, 3.05) is 42.5 Å². The van der Waals surface area contributed by atoms with Gasteiger partial charge in [-0.05, 0) is 39.8 Å². The molecule has 0 aliphatic carbocycles. The molecule has 36 heavy (non-hydrogen) atoms. The average Bonchev–Trinajstić information content (AvgIpc) is 3.17. The summed E-state index contributed by atoms with van der Waals surface area (Å²) in [6.07, 6.45) is 1.68. The van der Waals surface area contributed by atoms with E-state index in [1.807, 2.05) is 18.7 Å². The van der Waals surface area contributed by atoms with Gasteiger partial charge in [0.25, 0.3) is 0 Å². The van der Waals surface area contributed by atoms with Gasteiger partial charge in [-0.3, -0.25) is 14.7 Å². The van der Waals surface area contributed by atoms with E-state index in [1.54, 1.807) is 6.20 Å². The SMILES string of the molecule is Cc1cnc(C)c(N2CCN(C(=O)C3CN(S(=O)(=O)C(C)C)C(=O)N3c3ccc(F)cc3F)CC2)n1. The van der Waals surface area contributed by atoms with Gasteiger partial charge in [0.05, 0.1) is 28.9 Å². The molecule has 1 aromatic carbocycles. The number of carbonyl (C=O) groups excluding carboxylic acids is 2. The summed E-state index contributed by atoms with van der Waals surface area (Å²) in [7, 11) is -4.09. The van der Waals surface area contributed by atoms with Crippen LogP contribution >= 0.6 is 0 Å². The van der Waals surface area contributed by atoms with E-state index in [-0.39, 0.29) is 18.8 Å². The first-order valence-corrected chi connectivity index (χ1v) is 13.1. The van der Waals surface area contributed by atoms with Gasteiger partial charge in [0.2, 0.25) is 15.9 Å². The van der Waals surface area contributed by atoms with Gasteiger partial charge in [-0.1, -0.05) is 0 Å². The Kier molecular flexibility index (Phi) is 6.86. The number of aromatic nitrogens is 2. The van der Waals surface area contributed by atoms with Crippen molar-refractivity contribution in [1.82, 2.24) is 19.2 Å². The third kappa shape index (κ3) is 4.59. The van der Waals surface area contributed by atoms with Gasteiger partial charge in [0.1, 0.15) is 23.5 Å². The molecular weight excluding hydrogens is 494 g/mol. The molecule has 3 heterocycles. The van der Waals surface area contributed by atoms with Crippen LogP contribution in [0.25, 0.3) is 0 Å². The predicted molar refractivity (Wildman–Crippen MR) is 129 cm³/mol. The second-order valence-corrected chi connectivity index (χ2v) is 11.5. The zero-order valence-corrected chi connectivity index (χ0v) is 21.3. The van der Waals surface area contributed by atoms with Gasteiger partial charge < -0.3 is 9.80 Å². The van der Waals surface area contributed by atoms with Crippen LogP contribution in [0.15, 0.2) is 24.4 Å². The number of hydrogen-bond acceptors (Lipinski definition) is 7. The number of anilines is 2. The lowest BCUT2D eigenvalue weighted by molar-refractivity contribution is -0.132. The maximum Gasteiger partial charge on any atom is 0.339 e. The Labute approximate surface area is 208 Å². The Bertz CT molecular complexity index is 1300. The third-order valence-corrected chi connectivity index (χ3v) is 8.48. The zero-order chi connectivity index (χ0) is 26.4. The zero-order valence-electron chi connectivity index (χ0n) is 20.5. The van der Waals surface area contributed by atoms with Crippen molar-refractivity contribution in [2.24, 2.45) is 0 Å². The second kappa shape index (κ2) is 9.60. The first-order chi connectivity index (χ1) is 16.9. The lowest BCUT2D eigenvalue weighted by Crippen LogP contribution is -2.55. The lowest BCUT2D eigenvalue weighted by Gasteiger charge is -2.37. The minimum Gasteiger partial charge on any atom is -0.352 e. The van der Waals surface area contributed by atoms with Crippen LogP contribution in [-0.2, 0) is 14.8 Å². The summed E-state index contributed by atoms with van der Waals surface area (Å²) in [5.74, 6) is -1.71. The van der Waals surface area contributed by atoms with Crippen molar-refractivity contribution in [2.45, 2.75) is 39.0 Å². The molecule has 194 valence electrons. The van der Waals surface area contributed by atoms with Gasteiger partial charge >= 0.3 is 6.03 Å². The van der Waals surface area contributed by atoms with E-state index in [2.05, 4.69) is 9.97 Å². The number of halogens is 2. The highest BCUT2D eigenvalue weighted by Gasteiger charge is 2.50. The van der Waals surface area contributed by atoms with E-state index in [4.69, 9.17) is 0 Å². The highest BCUT2D eigenvalue weighted by Crippen LogP contribution is 2.31. The number of urea groups is 1. The first-order valence-electron chi connectivity index (χ1n) is 11.6. The summed E-state index contributed by atoms with van der Waals surface area (Å²) in [5, 5.41) is -0.933. The molecule has 2 aliphatic rings. The van der Waals surface area contributed by atoms with Gasteiger partial charge in [0.15, 0.2) is 0 Å². The number of carbonyl (C=O) groups is 2. The highest BCUT2D eigenvalue weighted by atomic mass is 32.2. The van der Waals surface area contributed by atoms with Crippen LogP contribution in [-0.4, -0.2) is 83.5 Å². The summed E-state index contributed by atoms with van der Waals surface area (Å²) >= 11 is 0. The molecule has 2 aromatic rings. The van der Waals surface area contributed by atoms with Gasteiger partial charge in [-0.25, -0.2) is 31.3 Å². The van der Waals surface area contributed by atoms with Crippen LogP contribution in [0.2, 0.25) is 0 Å². The third-order valence-electron chi connectivity index (χ3n) is 6.37. The van der Waals surface area contributed by atoms with Gasteiger partial charge in [-0.15, -0.1) is 0 Å².